The van der Waals surface area contributed by atoms with Gasteiger partial charge >= 0.3 is 6.03 Å². The smallest absolute Gasteiger partial charge is 0.323 e. The van der Waals surface area contributed by atoms with E-state index in [9.17, 15) is 14.0 Å². The van der Waals surface area contributed by atoms with Crippen LogP contribution < -0.4 is 15.4 Å². The van der Waals surface area contributed by atoms with Crippen LogP contribution >= 0.6 is 0 Å². The summed E-state index contributed by atoms with van der Waals surface area (Å²) in [5.41, 5.74) is 0.779. The highest BCUT2D eigenvalue weighted by molar-refractivity contribution is 6.02. The number of nitrogens with zero attached hydrogens (tertiary/aromatic N) is 2. The maximum atomic E-state index is 13.9. The number of hydrogen-bond donors (Lipinski definition) is 2. The maximum Gasteiger partial charge on any atom is 0.323 e. The van der Waals surface area contributed by atoms with Crippen molar-refractivity contribution in [3.8, 4) is 5.75 Å². The van der Waals surface area contributed by atoms with Crippen LogP contribution in [0.25, 0.3) is 0 Å². The fourth-order valence-corrected chi connectivity index (χ4v) is 4.38. The van der Waals surface area contributed by atoms with E-state index in [2.05, 4.69) is 36.3 Å². The molecule has 0 aromatic heterocycles. The number of ether oxygens (including phenoxy) is 2. The van der Waals surface area contributed by atoms with Crippen molar-refractivity contribution < 1.29 is 23.5 Å². The zero-order chi connectivity index (χ0) is 26.2. The standard InChI is InChI=1S/C27H37FN4O4/c1-6-13-32-15-18(2)25(35-5)16-31(4)26(33)21-14-20(11-12-24(21)36-17-19(32)3)29-27(34)30-23-10-8-7-9-22(23)28/h7-12,14,18-19,25H,6,13,15-17H2,1-5H3,(H2,29,30,34)/t18-,19+,25+/m1/s1. The number of benzene rings is 2. The van der Waals surface area contributed by atoms with Crippen LogP contribution in [0.5, 0.6) is 5.75 Å². The number of anilines is 2. The van der Waals surface area contributed by atoms with Crippen LogP contribution in [0.3, 0.4) is 0 Å². The molecule has 36 heavy (non-hydrogen) atoms. The van der Waals surface area contributed by atoms with Crippen molar-refractivity contribution in [2.45, 2.75) is 39.3 Å². The number of rotatable bonds is 5. The summed E-state index contributed by atoms with van der Waals surface area (Å²) in [5.74, 6) is -0.134. The van der Waals surface area contributed by atoms with Crippen LogP contribution in [0.15, 0.2) is 42.5 Å². The molecule has 0 saturated carbocycles. The van der Waals surface area contributed by atoms with Gasteiger partial charge in [0, 0.05) is 39.0 Å². The fourth-order valence-electron chi connectivity index (χ4n) is 4.38. The number of hydrogen-bond acceptors (Lipinski definition) is 5. The lowest BCUT2D eigenvalue weighted by Gasteiger charge is -2.35. The van der Waals surface area contributed by atoms with Gasteiger partial charge in [-0.05, 0) is 56.1 Å². The number of nitrogens with one attached hydrogen (secondary N) is 2. The van der Waals surface area contributed by atoms with Gasteiger partial charge in [0.1, 0.15) is 18.2 Å². The van der Waals surface area contributed by atoms with E-state index in [4.69, 9.17) is 9.47 Å². The van der Waals surface area contributed by atoms with Gasteiger partial charge in [-0.15, -0.1) is 0 Å². The Morgan fingerprint density at radius 1 is 1.17 bits per heavy atom. The van der Waals surface area contributed by atoms with Crippen LogP contribution in [0.4, 0.5) is 20.6 Å². The minimum Gasteiger partial charge on any atom is -0.491 e. The summed E-state index contributed by atoms with van der Waals surface area (Å²) in [5, 5.41) is 5.15. The van der Waals surface area contributed by atoms with Gasteiger partial charge < -0.3 is 25.0 Å². The largest absolute Gasteiger partial charge is 0.491 e. The Morgan fingerprint density at radius 3 is 2.61 bits per heavy atom. The molecule has 3 rings (SSSR count). The number of methoxy groups -OCH3 is 1. The van der Waals surface area contributed by atoms with Gasteiger partial charge in [-0.3, -0.25) is 9.69 Å². The third kappa shape index (κ3) is 6.95. The quantitative estimate of drug-likeness (QED) is 0.623. The number of amides is 3. The molecule has 1 aliphatic rings. The molecule has 9 heteroatoms. The van der Waals surface area contributed by atoms with Gasteiger partial charge in [0.15, 0.2) is 0 Å². The van der Waals surface area contributed by atoms with E-state index in [1.165, 1.54) is 12.1 Å². The number of carbonyl (C=O) groups is 2. The van der Waals surface area contributed by atoms with Gasteiger partial charge in [0.25, 0.3) is 5.91 Å². The van der Waals surface area contributed by atoms with Crippen LogP contribution in [0.2, 0.25) is 0 Å². The summed E-state index contributed by atoms with van der Waals surface area (Å²) in [6, 6.07) is 10.3. The van der Waals surface area contributed by atoms with Crippen LogP contribution in [-0.4, -0.2) is 74.3 Å². The Bertz CT molecular complexity index is 1050. The topological polar surface area (TPSA) is 83.1 Å². The van der Waals surface area contributed by atoms with Crippen LogP contribution in [0.1, 0.15) is 37.6 Å². The number of carbonyl (C=O) groups excluding carboxylic acids is 2. The van der Waals surface area contributed by atoms with Crippen LogP contribution in [-0.2, 0) is 4.74 Å². The number of likely N-dealkylation sites (N-methyl/N-ethyl adjacent to an activating group) is 1. The Hall–Kier alpha value is -3.17. The molecule has 196 valence electrons. The molecule has 0 fully saturated rings. The number of halogens is 1. The molecular formula is C27H37FN4O4. The summed E-state index contributed by atoms with van der Waals surface area (Å²) >= 11 is 0. The highest BCUT2D eigenvalue weighted by Crippen LogP contribution is 2.27. The van der Waals surface area contributed by atoms with Crippen molar-refractivity contribution in [3.63, 3.8) is 0 Å². The molecule has 2 aromatic rings. The van der Waals surface area contributed by atoms with E-state index in [-0.39, 0.29) is 29.7 Å². The Kier molecular flexibility index (Phi) is 9.66. The molecule has 1 heterocycles. The van der Waals surface area contributed by atoms with E-state index in [0.717, 1.165) is 19.5 Å². The first-order valence-electron chi connectivity index (χ1n) is 12.3. The molecule has 8 nitrogen and oxygen atoms in total. The molecule has 0 bridgehead atoms. The predicted octanol–water partition coefficient (Wildman–Crippen LogP) is 4.69. The predicted molar refractivity (Wildman–Crippen MR) is 139 cm³/mol. The first-order valence-corrected chi connectivity index (χ1v) is 12.3. The van der Waals surface area contributed by atoms with E-state index in [0.29, 0.717) is 30.2 Å². The molecule has 1 aliphatic heterocycles. The monoisotopic (exact) mass is 500 g/mol. The molecule has 3 atom stereocenters. The van der Waals surface area contributed by atoms with Gasteiger partial charge in [-0.2, -0.15) is 0 Å². The lowest BCUT2D eigenvalue weighted by Crippen LogP contribution is -2.46. The first-order chi connectivity index (χ1) is 17.2. The summed E-state index contributed by atoms with van der Waals surface area (Å²) < 4.78 is 25.8. The molecule has 0 spiro atoms. The van der Waals surface area contributed by atoms with E-state index in [1.54, 1.807) is 49.4 Å². The minimum absolute atomic E-state index is 0.0609. The summed E-state index contributed by atoms with van der Waals surface area (Å²) in [6.07, 6.45) is 0.885. The number of urea groups is 1. The molecule has 0 saturated heterocycles. The number of para-hydroxylation sites is 1. The van der Waals surface area contributed by atoms with Gasteiger partial charge in [-0.25, -0.2) is 9.18 Å². The van der Waals surface area contributed by atoms with E-state index in [1.807, 2.05) is 0 Å². The Labute approximate surface area is 212 Å². The van der Waals surface area contributed by atoms with E-state index >= 15 is 0 Å². The summed E-state index contributed by atoms with van der Waals surface area (Å²) in [4.78, 5) is 29.9. The lowest BCUT2D eigenvalue weighted by atomic mass is 10.0. The third-order valence-corrected chi connectivity index (χ3v) is 6.46. The average molecular weight is 501 g/mol. The molecule has 0 unspecified atom stereocenters. The van der Waals surface area contributed by atoms with Crippen molar-refractivity contribution >= 4 is 23.3 Å². The zero-order valence-electron chi connectivity index (χ0n) is 21.7. The molecule has 3 amide bonds. The summed E-state index contributed by atoms with van der Waals surface area (Å²) in [6.45, 7) is 9.01. The molecular weight excluding hydrogens is 463 g/mol. The second-order valence-corrected chi connectivity index (χ2v) is 9.36. The van der Waals surface area contributed by atoms with Crippen molar-refractivity contribution in [1.29, 1.82) is 0 Å². The van der Waals surface area contributed by atoms with Crippen molar-refractivity contribution in [2.75, 3.05) is 51.0 Å². The highest BCUT2D eigenvalue weighted by Gasteiger charge is 2.28. The van der Waals surface area contributed by atoms with Gasteiger partial charge in [0.05, 0.1) is 17.4 Å². The minimum atomic E-state index is -0.618. The Morgan fingerprint density at radius 2 is 1.92 bits per heavy atom. The first kappa shape index (κ1) is 27.4. The fraction of sp³-hybridized carbons (Fsp3) is 0.481. The second-order valence-electron chi connectivity index (χ2n) is 9.36. The highest BCUT2D eigenvalue weighted by atomic mass is 19.1. The van der Waals surface area contributed by atoms with Gasteiger partial charge in [-0.1, -0.05) is 26.0 Å². The lowest BCUT2D eigenvalue weighted by molar-refractivity contribution is 0.0108. The molecule has 2 aromatic carbocycles. The molecule has 0 aliphatic carbocycles. The third-order valence-electron chi connectivity index (χ3n) is 6.46. The average Bonchev–Trinajstić information content (AvgIpc) is 2.86. The molecule has 2 N–H and O–H groups in total. The normalized spacial score (nSPS) is 21.6. The van der Waals surface area contributed by atoms with Crippen LogP contribution in [0, 0.1) is 11.7 Å². The molecule has 0 radical (unpaired) electrons. The van der Waals surface area contributed by atoms with Crippen molar-refractivity contribution in [2.24, 2.45) is 5.92 Å². The summed E-state index contributed by atoms with van der Waals surface area (Å²) in [7, 11) is 3.40. The SMILES string of the molecule is CCCN1C[C@@H](C)[C@@H](OC)CN(C)C(=O)c2cc(NC(=O)Nc3ccccc3F)ccc2OC[C@@H]1C. The van der Waals surface area contributed by atoms with E-state index < -0.39 is 11.8 Å². The zero-order valence-corrected chi connectivity index (χ0v) is 21.7. The van der Waals surface area contributed by atoms with Gasteiger partial charge in [0.2, 0.25) is 0 Å². The number of fused-ring (bicyclic) bond motifs is 1. The van der Waals surface area contributed by atoms with Crippen molar-refractivity contribution in [3.05, 3.63) is 53.8 Å². The maximum absolute atomic E-state index is 13.9. The Balaban J connectivity index is 1.87. The van der Waals surface area contributed by atoms with Crippen molar-refractivity contribution in [1.82, 2.24) is 9.80 Å². The second kappa shape index (κ2) is 12.7.